The van der Waals surface area contributed by atoms with Crippen LogP contribution in [-0.2, 0) is 4.79 Å². The lowest BCUT2D eigenvalue weighted by atomic mass is 10.3. The highest BCUT2D eigenvalue weighted by atomic mass is 19.4. The summed E-state index contributed by atoms with van der Waals surface area (Å²) in [6, 6.07) is 3.72. The quantitative estimate of drug-likeness (QED) is 0.613. The molecule has 1 aromatic carbocycles. The highest BCUT2D eigenvalue weighted by Crippen LogP contribution is 2.26. The second-order valence-electron chi connectivity index (χ2n) is 3.93. The van der Waals surface area contributed by atoms with Gasteiger partial charge in [-0.15, -0.1) is 0 Å². The van der Waals surface area contributed by atoms with Gasteiger partial charge < -0.3 is 4.90 Å². The fraction of sp³-hybridized carbons (Fsp3) is 0.273. The highest BCUT2D eigenvalue weighted by Gasteiger charge is 2.43. The second-order valence-corrected chi connectivity index (χ2v) is 3.93. The molecular weight excluding hydrogens is 268 g/mol. The number of urea groups is 1. The summed E-state index contributed by atoms with van der Waals surface area (Å²) in [4.78, 5) is 24.0. The summed E-state index contributed by atoms with van der Waals surface area (Å²) in [6.07, 6.45) is -4.61. The number of anilines is 1. The average Bonchev–Trinajstić information content (AvgIpc) is 2.53. The van der Waals surface area contributed by atoms with E-state index in [9.17, 15) is 27.2 Å². The maximum Gasteiger partial charge on any atom is 0.406 e. The zero-order valence-corrected chi connectivity index (χ0v) is 9.45. The van der Waals surface area contributed by atoms with Crippen LogP contribution in [0.3, 0.4) is 0 Å². The van der Waals surface area contributed by atoms with Gasteiger partial charge in [0.25, 0.3) is 5.91 Å². The lowest BCUT2D eigenvalue weighted by molar-refractivity contribution is -0.139. The molecule has 102 valence electrons. The number of alkyl halides is 3. The molecule has 8 heteroatoms. The number of hydrogen-bond acceptors (Lipinski definition) is 2. The number of amides is 3. The van der Waals surface area contributed by atoms with Gasteiger partial charge in [-0.05, 0) is 12.1 Å². The number of halogens is 4. The van der Waals surface area contributed by atoms with Crippen LogP contribution in [0.5, 0.6) is 0 Å². The second kappa shape index (κ2) is 4.52. The van der Waals surface area contributed by atoms with Crippen LogP contribution >= 0.6 is 0 Å². The van der Waals surface area contributed by atoms with E-state index in [1.165, 1.54) is 12.1 Å². The van der Waals surface area contributed by atoms with Gasteiger partial charge >= 0.3 is 12.2 Å². The summed E-state index contributed by atoms with van der Waals surface area (Å²) in [5, 5.41) is 0. The lowest BCUT2D eigenvalue weighted by Crippen LogP contribution is -2.38. The van der Waals surface area contributed by atoms with Crippen molar-refractivity contribution in [2.75, 3.05) is 18.0 Å². The third-order valence-electron chi connectivity index (χ3n) is 2.50. The average molecular weight is 276 g/mol. The van der Waals surface area contributed by atoms with Gasteiger partial charge in [-0.3, -0.25) is 4.79 Å². The number of carbonyl (C=O) groups is 2. The molecule has 0 radical (unpaired) electrons. The first-order valence-electron chi connectivity index (χ1n) is 5.23. The van der Waals surface area contributed by atoms with Gasteiger partial charge in [0.1, 0.15) is 18.9 Å². The van der Waals surface area contributed by atoms with E-state index in [1.807, 2.05) is 0 Å². The van der Waals surface area contributed by atoms with Gasteiger partial charge in [0.2, 0.25) is 0 Å². The predicted octanol–water partition coefficient (Wildman–Crippen LogP) is 2.16. The molecule has 4 nitrogen and oxygen atoms in total. The fourth-order valence-electron chi connectivity index (χ4n) is 1.76. The number of hydrogen-bond donors (Lipinski definition) is 0. The smallest absolute Gasteiger partial charge is 0.306 e. The first-order chi connectivity index (χ1) is 8.79. The third-order valence-corrected chi connectivity index (χ3v) is 2.50. The maximum atomic E-state index is 13.5. The van der Waals surface area contributed by atoms with Gasteiger partial charge in [0, 0.05) is 0 Å². The first kappa shape index (κ1) is 13.3. The van der Waals surface area contributed by atoms with Crippen LogP contribution in [0.2, 0.25) is 0 Å². The normalized spacial score (nSPS) is 16.4. The van der Waals surface area contributed by atoms with E-state index in [1.54, 1.807) is 0 Å². The zero-order valence-electron chi connectivity index (χ0n) is 9.45. The summed E-state index contributed by atoms with van der Waals surface area (Å²) in [7, 11) is 0. The van der Waals surface area contributed by atoms with E-state index < -0.39 is 37.0 Å². The molecule has 0 bridgehead atoms. The van der Waals surface area contributed by atoms with Gasteiger partial charge in [-0.2, -0.15) is 13.2 Å². The molecule has 0 aliphatic carbocycles. The van der Waals surface area contributed by atoms with Crippen molar-refractivity contribution in [3.05, 3.63) is 30.1 Å². The summed E-state index contributed by atoms with van der Waals surface area (Å²) in [5.41, 5.74) is -0.345. The van der Waals surface area contributed by atoms with Crippen molar-refractivity contribution in [3.8, 4) is 0 Å². The molecule has 1 saturated heterocycles. The Morgan fingerprint density at radius 2 is 1.79 bits per heavy atom. The minimum absolute atomic E-state index is 0.328. The van der Waals surface area contributed by atoms with Gasteiger partial charge in [-0.25, -0.2) is 14.1 Å². The van der Waals surface area contributed by atoms with E-state index in [0.717, 1.165) is 12.1 Å². The SMILES string of the molecule is O=C1CN(CC(F)(F)F)C(=O)N1c1ccccc1F. The molecule has 0 N–H and O–H groups in total. The largest absolute Gasteiger partial charge is 0.406 e. The lowest BCUT2D eigenvalue weighted by Gasteiger charge is -2.18. The molecule has 0 atom stereocenters. The van der Waals surface area contributed by atoms with Crippen LogP contribution in [0.1, 0.15) is 0 Å². The number of rotatable bonds is 2. The topological polar surface area (TPSA) is 40.6 Å². The Labute approximate surface area is 105 Å². The molecule has 1 aliphatic heterocycles. The highest BCUT2D eigenvalue weighted by molar-refractivity contribution is 6.19. The van der Waals surface area contributed by atoms with Crippen molar-refractivity contribution < 1.29 is 27.2 Å². The zero-order chi connectivity index (χ0) is 14.2. The van der Waals surface area contributed by atoms with Crippen molar-refractivity contribution >= 4 is 17.6 Å². The number of para-hydroxylation sites is 1. The molecule has 1 fully saturated rings. The summed E-state index contributed by atoms with van der Waals surface area (Å²) in [5.74, 6) is -1.74. The van der Waals surface area contributed by atoms with E-state index in [4.69, 9.17) is 0 Å². The standard InChI is InChI=1S/C11H8F4N2O2/c12-7-3-1-2-4-8(7)17-9(18)5-16(10(17)19)6-11(13,14)15/h1-4H,5-6H2. The molecule has 3 amide bonds. The minimum Gasteiger partial charge on any atom is -0.306 e. The van der Waals surface area contributed by atoms with Crippen molar-refractivity contribution in [1.82, 2.24) is 4.90 Å². The molecule has 1 aliphatic rings. The van der Waals surface area contributed by atoms with Crippen LogP contribution in [-0.4, -0.2) is 36.1 Å². The van der Waals surface area contributed by atoms with E-state index in [-0.39, 0.29) is 5.69 Å². The molecule has 1 heterocycles. The maximum absolute atomic E-state index is 13.5. The van der Waals surface area contributed by atoms with E-state index >= 15 is 0 Å². The summed E-state index contributed by atoms with van der Waals surface area (Å²) in [6.45, 7) is -2.25. The van der Waals surface area contributed by atoms with Crippen LogP contribution < -0.4 is 4.90 Å². The number of nitrogens with zero attached hydrogens (tertiary/aromatic N) is 2. The number of benzene rings is 1. The van der Waals surface area contributed by atoms with Gasteiger partial charge in [-0.1, -0.05) is 12.1 Å². The molecule has 1 aromatic rings. The summed E-state index contributed by atoms with van der Waals surface area (Å²) >= 11 is 0. The molecule has 0 spiro atoms. The Hall–Kier alpha value is -2.12. The molecule has 2 rings (SSSR count). The Morgan fingerprint density at radius 3 is 2.37 bits per heavy atom. The van der Waals surface area contributed by atoms with Crippen molar-refractivity contribution in [2.24, 2.45) is 0 Å². The van der Waals surface area contributed by atoms with E-state index in [2.05, 4.69) is 0 Å². The van der Waals surface area contributed by atoms with Gasteiger partial charge in [0.05, 0.1) is 5.69 Å². The Morgan fingerprint density at radius 1 is 1.16 bits per heavy atom. The van der Waals surface area contributed by atoms with Crippen LogP contribution in [0, 0.1) is 5.82 Å². The molecular formula is C11H8F4N2O2. The number of carbonyl (C=O) groups excluding carboxylic acids is 2. The Bertz CT molecular complexity index is 530. The van der Waals surface area contributed by atoms with Crippen LogP contribution in [0.15, 0.2) is 24.3 Å². The Kier molecular flexibility index (Phi) is 3.17. The van der Waals surface area contributed by atoms with Crippen molar-refractivity contribution in [2.45, 2.75) is 6.18 Å². The third kappa shape index (κ3) is 2.67. The minimum atomic E-state index is -4.61. The van der Waals surface area contributed by atoms with E-state index in [0.29, 0.717) is 9.80 Å². The molecule has 19 heavy (non-hydrogen) atoms. The van der Waals surface area contributed by atoms with Crippen molar-refractivity contribution in [1.29, 1.82) is 0 Å². The molecule has 0 aromatic heterocycles. The van der Waals surface area contributed by atoms with Crippen molar-refractivity contribution in [3.63, 3.8) is 0 Å². The monoisotopic (exact) mass is 276 g/mol. The number of imide groups is 1. The first-order valence-corrected chi connectivity index (χ1v) is 5.23. The van der Waals surface area contributed by atoms with Crippen LogP contribution in [0.4, 0.5) is 28.0 Å². The fourth-order valence-corrected chi connectivity index (χ4v) is 1.76. The molecule has 0 saturated carbocycles. The van der Waals surface area contributed by atoms with Gasteiger partial charge in [0.15, 0.2) is 0 Å². The van der Waals surface area contributed by atoms with Crippen LogP contribution in [0.25, 0.3) is 0 Å². The molecule has 0 unspecified atom stereocenters. The Balaban J connectivity index is 2.27. The predicted molar refractivity (Wildman–Crippen MR) is 56.9 cm³/mol. The summed E-state index contributed by atoms with van der Waals surface area (Å²) < 4.78 is 50.1.